The van der Waals surface area contributed by atoms with Gasteiger partial charge in [-0.25, -0.2) is 9.36 Å². The summed E-state index contributed by atoms with van der Waals surface area (Å²) in [7, 11) is -4.26. The van der Waals surface area contributed by atoms with Crippen molar-refractivity contribution in [3.05, 3.63) is 132 Å². The Balaban J connectivity index is 1.38. The lowest BCUT2D eigenvalue weighted by molar-refractivity contribution is -0.266. The van der Waals surface area contributed by atoms with E-state index >= 15 is 0 Å². The summed E-state index contributed by atoms with van der Waals surface area (Å²) < 4.78 is 58.6. The highest BCUT2D eigenvalue weighted by Gasteiger charge is 2.64. The van der Waals surface area contributed by atoms with E-state index in [4.69, 9.17) is 32.7 Å². The molecule has 6 rings (SSSR count). The first-order valence-electron chi connectivity index (χ1n) is 14.3. The van der Waals surface area contributed by atoms with Gasteiger partial charge in [0.2, 0.25) is 5.85 Å². The molecule has 44 heavy (non-hydrogen) atoms. The number of benzene rings is 4. The number of carbonyl (C=O) groups is 1. The molecule has 4 aromatic carbocycles. The Morgan fingerprint density at radius 1 is 0.727 bits per heavy atom. The molecule has 0 bridgehead atoms. The first-order chi connectivity index (χ1) is 21.3. The largest absolute Gasteiger partial charge is 0.462 e. The van der Waals surface area contributed by atoms with Gasteiger partial charge in [0.25, 0.3) is 0 Å². The Hall–Kier alpha value is -3.98. The molecule has 2 aliphatic rings. The Kier molecular flexibility index (Phi) is 8.84. The number of ether oxygens (including phenoxy) is 5. The number of hydrogen-bond acceptors (Lipinski definition) is 9. The average molecular weight is 617 g/mol. The highest BCUT2D eigenvalue weighted by Crippen LogP contribution is 2.59. The monoisotopic (exact) mass is 616 g/mol. The van der Waals surface area contributed by atoms with E-state index in [1.165, 1.54) is 0 Å². The van der Waals surface area contributed by atoms with E-state index in [1.54, 1.807) is 92.7 Å². The van der Waals surface area contributed by atoms with Crippen molar-refractivity contribution in [3.63, 3.8) is 0 Å². The van der Waals surface area contributed by atoms with Gasteiger partial charge in [-0.1, -0.05) is 84.9 Å². The Bertz CT molecular complexity index is 1520. The molecule has 5 atom stereocenters. The summed E-state index contributed by atoms with van der Waals surface area (Å²) in [6, 6.07) is 35.4. The quantitative estimate of drug-likeness (QED) is 0.138. The minimum Gasteiger partial charge on any atom is -0.450 e. The standard InChI is InChI=1S/C34H33O9P/c1-34(2)40-28-29(38-31(35)25-17-9-4-10-18-25)32(37-23-24-15-7-3-8-16-24)39-33(30(28)41-34)44(36,42-26-19-11-5-12-20-26)43-27-21-13-6-14-22-27/h3-22,28-30,32-33H,23H2,1-2H3/t28-,29-,30-,32+,33-/m1/s1. The lowest BCUT2D eigenvalue weighted by Gasteiger charge is -2.42. The zero-order chi connectivity index (χ0) is 30.6. The molecular weight excluding hydrogens is 583 g/mol. The first-order valence-corrected chi connectivity index (χ1v) is 15.9. The van der Waals surface area contributed by atoms with Crippen LogP contribution in [0.15, 0.2) is 121 Å². The maximum atomic E-state index is 15.0. The average Bonchev–Trinajstić information content (AvgIpc) is 3.37. The molecule has 0 aromatic heterocycles. The van der Waals surface area contributed by atoms with Crippen molar-refractivity contribution >= 4 is 13.6 Å². The smallest absolute Gasteiger partial charge is 0.450 e. The maximum absolute atomic E-state index is 15.0. The van der Waals surface area contributed by atoms with E-state index in [9.17, 15) is 9.36 Å². The molecule has 0 unspecified atom stereocenters. The van der Waals surface area contributed by atoms with Crippen LogP contribution in [-0.4, -0.2) is 42.2 Å². The number of carbonyl (C=O) groups excluding carboxylic acids is 1. The van der Waals surface area contributed by atoms with Gasteiger partial charge in [-0.05, 0) is 55.8 Å². The molecule has 9 nitrogen and oxygen atoms in total. The van der Waals surface area contributed by atoms with Crippen LogP contribution in [0.5, 0.6) is 11.5 Å². The molecule has 0 aliphatic carbocycles. The molecule has 0 radical (unpaired) electrons. The van der Waals surface area contributed by atoms with Crippen molar-refractivity contribution in [1.82, 2.24) is 0 Å². The Morgan fingerprint density at radius 2 is 1.23 bits per heavy atom. The van der Waals surface area contributed by atoms with Crippen molar-refractivity contribution in [2.24, 2.45) is 0 Å². The third kappa shape index (κ3) is 6.88. The number of rotatable bonds is 10. The lowest BCUT2D eigenvalue weighted by atomic mass is 10.0. The van der Waals surface area contributed by atoms with Crippen molar-refractivity contribution in [2.75, 3.05) is 0 Å². The van der Waals surface area contributed by atoms with E-state index in [0.29, 0.717) is 17.1 Å². The zero-order valence-electron chi connectivity index (χ0n) is 24.3. The van der Waals surface area contributed by atoms with Crippen LogP contribution >= 0.6 is 7.60 Å². The maximum Gasteiger partial charge on any atom is 0.462 e. The second-order valence-electron chi connectivity index (χ2n) is 10.8. The van der Waals surface area contributed by atoms with Crippen LogP contribution < -0.4 is 9.05 Å². The van der Waals surface area contributed by atoms with E-state index in [0.717, 1.165) is 5.56 Å². The van der Waals surface area contributed by atoms with Crippen LogP contribution in [0.4, 0.5) is 0 Å². The van der Waals surface area contributed by atoms with Gasteiger partial charge >= 0.3 is 13.6 Å². The zero-order valence-corrected chi connectivity index (χ0v) is 25.2. The molecular formula is C34H33O9P. The second-order valence-corrected chi connectivity index (χ2v) is 12.8. The molecule has 0 N–H and O–H groups in total. The minimum atomic E-state index is -4.26. The predicted octanol–water partition coefficient (Wildman–Crippen LogP) is 6.98. The van der Waals surface area contributed by atoms with Crippen LogP contribution in [0, 0.1) is 0 Å². The molecule has 2 fully saturated rings. The summed E-state index contributed by atoms with van der Waals surface area (Å²) in [5.41, 5.74) is 1.20. The van der Waals surface area contributed by atoms with Gasteiger partial charge in [0.1, 0.15) is 23.7 Å². The number of esters is 1. The molecule has 228 valence electrons. The summed E-state index contributed by atoms with van der Waals surface area (Å²) in [5.74, 6) is -2.45. The highest BCUT2D eigenvalue weighted by atomic mass is 31.2. The lowest BCUT2D eigenvalue weighted by Crippen LogP contribution is -2.58. The minimum absolute atomic E-state index is 0.114. The van der Waals surface area contributed by atoms with Gasteiger partial charge in [0, 0.05) is 0 Å². The van der Waals surface area contributed by atoms with Gasteiger partial charge in [-0.15, -0.1) is 0 Å². The second kappa shape index (κ2) is 12.9. The Labute approximate surface area is 256 Å². The van der Waals surface area contributed by atoms with E-state index < -0.39 is 49.8 Å². The molecule has 10 heteroatoms. The van der Waals surface area contributed by atoms with Crippen molar-refractivity contribution in [3.8, 4) is 11.5 Å². The number of fused-ring (bicyclic) bond motifs is 1. The summed E-state index contributed by atoms with van der Waals surface area (Å²) in [5, 5.41) is 0. The SMILES string of the molecule is CC1(C)O[C@H]2[C@@H](O1)[C@@H](P(=O)(Oc1ccccc1)Oc1ccccc1)O[C@H](OCc1ccccc1)[C@@H]2OC(=O)c1ccccc1. The predicted molar refractivity (Wildman–Crippen MR) is 161 cm³/mol. The Morgan fingerprint density at radius 3 is 1.80 bits per heavy atom. The van der Waals surface area contributed by atoms with Crippen LogP contribution in [0.2, 0.25) is 0 Å². The molecule has 0 saturated carbocycles. The third-order valence-corrected chi connectivity index (χ3v) is 9.05. The summed E-state index contributed by atoms with van der Waals surface area (Å²) in [6.45, 7) is 3.56. The van der Waals surface area contributed by atoms with Gasteiger partial charge in [0.15, 0.2) is 18.2 Å². The van der Waals surface area contributed by atoms with Crippen LogP contribution in [-0.2, 0) is 34.9 Å². The highest BCUT2D eigenvalue weighted by molar-refractivity contribution is 7.55. The van der Waals surface area contributed by atoms with Gasteiger partial charge < -0.3 is 32.7 Å². The normalized spacial score (nSPS) is 24.2. The summed E-state index contributed by atoms with van der Waals surface area (Å²) in [4.78, 5) is 13.3. The molecule has 2 aliphatic heterocycles. The fraction of sp³-hybridized carbons (Fsp3) is 0.265. The van der Waals surface area contributed by atoms with Gasteiger partial charge in [0.05, 0.1) is 12.2 Å². The molecule has 2 heterocycles. The molecule has 2 saturated heterocycles. The van der Waals surface area contributed by atoms with Gasteiger partial charge in [-0.3, -0.25) is 0 Å². The topological polar surface area (TPSA) is 98.8 Å². The van der Waals surface area contributed by atoms with Crippen LogP contribution in [0.1, 0.15) is 29.8 Å². The fourth-order valence-corrected chi connectivity index (χ4v) is 7.08. The number of para-hydroxylation sites is 2. The van der Waals surface area contributed by atoms with Crippen molar-refractivity contribution < 1.29 is 42.1 Å². The molecule has 0 spiro atoms. The van der Waals surface area contributed by atoms with E-state index in [-0.39, 0.29) is 6.61 Å². The van der Waals surface area contributed by atoms with Gasteiger partial charge in [-0.2, -0.15) is 0 Å². The van der Waals surface area contributed by atoms with E-state index in [1.807, 2.05) is 42.5 Å². The molecule has 0 amide bonds. The van der Waals surface area contributed by atoms with Crippen LogP contribution in [0.3, 0.4) is 0 Å². The van der Waals surface area contributed by atoms with Crippen molar-refractivity contribution in [1.29, 1.82) is 0 Å². The number of hydrogen-bond donors (Lipinski definition) is 0. The first kappa shape index (κ1) is 30.1. The summed E-state index contributed by atoms with van der Waals surface area (Å²) >= 11 is 0. The molecule has 4 aromatic rings. The van der Waals surface area contributed by atoms with E-state index in [2.05, 4.69) is 0 Å². The van der Waals surface area contributed by atoms with Crippen molar-refractivity contribution in [2.45, 2.75) is 56.7 Å². The third-order valence-electron chi connectivity index (χ3n) is 7.08. The van der Waals surface area contributed by atoms with Crippen LogP contribution in [0.25, 0.3) is 0 Å². The summed E-state index contributed by atoms with van der Waals surface area (Å²) in [6.07, 6.45) is -4.27. The fourth-order valence-electron chi connectivity index (χ4n) is 5.15.